The molecular weight excluding hydrogens is 331 g/mol. The summed E-state index contributed by atoms with van der Waals surface area (Å²) in [4.78, 5) is 8.67. The van der Waals surface area contributed by atoms with Gasteiger partial charge < -0.3 is 4.74 Å². The number of halogens is 3. The largest absolute Gasteiger partial charge is 0.371 e. The Balaban J connectivity index is 2.44. The minimum Gasteiger partial charge on any atom is -0.371 e. The summed E-state index contributed by atoms with van der Waals surface area (Å²) in [5.41, 5.74) is 1.43. The summed E-state index contributed by atoms with van der Waals surface area (Å²) in [5.74, 6) is 0.507. The Hall–Kier alpha value is -0.870. The Kier molecular flexibility index (Phi) is 5.82. The van der Waals surface area contributed by atoms with Crippen molar-refractivity contribution in [3.8, 4) is 11.1 Å². The second kappa shape index (κ2) is 7.41. The lowest BCUT2D eigenvalue weighted by molar-refractivity contribution is 0.0535. The van der Waals surface area contributed by atoms with E-state index in [-0.39, 0.29) is 6.10 Å². The molecule has 1 aromatic carbocycles. The molecule has 1 atom stereocenters. The second-order valence-corrected chi connectivity index (χ2v) is 5.55. The van der Waals surface area contributed by atoms with E-state index in [4.69, 9.17) is 39.5 Å². The van der Waals surface area contributed by atoms with Gasteiger partial charge in [-0.1, -0.05) is 53.9 Å². The van der Waals surface area contributed by atoms with Crippen molar-refractivity contribution in [2.75, 3.05) is 6.61 Å². The lowest BCUT2D eigenvalue weighted by Crippen LogP contribution is -2.09. The number of ether oxygens (including phenoxy) is 1. The van der Waals surface area contributed by atoms with Crippen molar-refractivity contribution < 1.29 is 4.74 Å². The van der Waals surface area contributed by atoms with Crippen LogP contribution in [0.5, 0.6) is 0 Å². The summed E-state index contributed by atoms with van der Waals surface area (Å²) in [7, 11) is 0. The maximum absolute atomic E-state index is 6.29. The molecule has 21 heavy (non-hydrogen) atoms. The van der Waals surface area contributed by atoms with E-state index in [1.54, 1.807) is 12.1 Å². The Bertz CT molecular complexity index is 594. The van der Waals surface area contributed by atoms with Crippen LogP contribution in [0.15, 0.2) is 24.3 Å². The highest BCUT2D eigenvalue weighted by atomic mass is 35.5. The van der Waals surface area contributed by atoms with Gasteiger partial charge in [-0.3, -0.25) is 0 Å². The highest BCUT2D eigenvalue weighted by Gasteiger charge is 2.19. The van der Waals surface area contributed by atoms with Crippen LogP contribution >= 0.6 is 34.8 Å². The molecule has 0 aliphatic rings. The molecule has 0 saturated heterocycles. The van der Waals surface area contributed by atoms with Crippen LogP contribution in [-0.2, 0) is 4.74 Å². The van der Waals surface area contributed by atoms with Crippen LogP contribution in [0.25, 0.3) is 11.1 Å². The normalized spacial score (nSPS) is 12.4. The van der Waals surface area contributed by atoms with Crippen LogP contribution in [0.1, 0.15) is 32.2 Å². The summed E-state index contributed by atoms with van der Waals surface area (Å²) in [6.07, 6.45) is 0.546. The lowest BCUT2D eigenvalue weighted by atomic mass is 10.1. The van der Waals surface area contributed by atoms with Gasteiger partial charge >= 0.3 is 0 Å². The Morgan fingerprint density at radius 2 is 1.57 bits per heavy atom. The molecule has 2 rings (SSSR count). The zero-order valence-electron chi connectivity index (χ0n) is 11.7. The fourth-order valence-electron chi connectivity index (χ4n) is 2.00. The van der Waals surface area contributed by atoms with Crippen molar-refractivity contribution in [1.82, 2.24) is 9.97 Å². The summed E-state index contributed by atoms with van der Waals surface area (Å²) < 4.78 is 5.59. The predicted molar refractivity (Wildman–Crippen MR) is 87.2 cm³/mol. The van der Waals surface area contributed by atoms with Gasteiger partial charge in [-0.05, 0) is 31.0 Å². The Labute approximate surface area is 139 Å². The highest BCUT2D eigenvalue weighted by Crippen LogP contribution is 2.34. The molecule has 0 bridgehead atoms. The zero-order chi connectivity index (χ0) is 15.4. The molecular formula is C15H15Cl3N2O. The molecule has 0 radical (unpaired) electrons. The van der Waals surface area contributed by atoms with Gasteiger partial charge in [0.1, 0.15) is 16.4 Å². The van der Waals surface area contributed by atoms with Crippen molar-refractivity contribution in [2.24, 2.45) is 0 Å². The average molecular weight is 346 g/mol. The van der Waals surface area contributed by atoms with Crippen LogP contribution in [0.3, 0.4) is 0 Å². The molecule has 3 nitrogen and oxygen atoms in total. The van der Waals surface area contributed by atoms with Crippen molar-refractivity contribution in [1.29, 1.82) is 0 Å². The smallest absolute Gasteiger partial charge is 0.160 e. The molecule has 0 saturated carbocycles. The SMILES string of the molecule is CCOC(CC)c1nc(Cl)c(-c2ccc(Cl)cc2)c(Cl)n1. The number of benzene rings is 1. The van der Waals surface area contributed by atoms with Crippen LogP contribution in [0.2, 0.25) is 15.3 Å². The van der Waals surface area contributed by atoms with Gasteiger partial charge in [0.2, 0.25) is 0 Å². The number of hydrogen-bond acceptors (Lipinski definition) is 3. The Morgan fingerprint density at radius 3 is 2.05 bits per heavy atom. The monoisotopic (exact) mass is 344 g/mol. The highest BCUT2D eigenvalue weighted by molar-refractivity contribution is 6.37. The first kappa shape index (κ1) is 16.5. The number of aromatic nitrogens is 2. The van der Waals surface area contributed by atoms with E-state index >= 15 is 0 Å². The number of nitrogens with zero attached hydrogens (tertiary/aromatic N) is 2. The standard InChI is InChI=1S/C15H15Cl3N2O/c1-3-11(21-4-2)15-19-13(17)12(14(18)20-15)9-5-7-10(16)8-6-9/h5-8,11H,3-4H2,1-2H3. The van der Waals surface area contributed by atoms with Crippen LogP contribution < -0.4 is 0 Å². The van der Waals surface area contributed by atoms with E-state index < -0.39 is 0 Å². The van der Waals surface area contributed by atoms with Gasteiger partial charge in [0.25, 0.3) is 0 Å². The summed E-state index contributed by atoms with van der Waals surface area (Å²) in [6.45, 7) is 4.50. The van der Waals surface area contributed by atoms with Crippen LogP contribution in [0.4, 0.5) is 0 Å². The third kappa shape index (κ3) is 3.86. The summed E-state index contributed by atoms with van der Waals surface area (Å²) in [6, 6.07) is 7.20. The zero-order valence-corrected chi connectivity index (χ0v) is 14.0. The summed E-state index contributed by atoms with van der Waals surface area (Å²) >= 11 is 18.5. The van der Waals surface area contributed by atoms with E-state index in [0.717, 1.165) is 12.0 Å². The van der Waals surface area contributed by atoms with E-state index in [1.807, 2.05) is 26.0 Å². The van der Waals surface area contributed by atoms with Crippen molar-refractivity contribution >= 4 is 34.8 Å². The van der Waals surface area contributed by atoms with Gasteiger partial charge in [-0.2, -0.15) is 0 Å². The molecule has 0 amide bonds. The number of rotatable bonds is 5. The third-order valence-corrected chi connectivity index (χ3v) is 3.80. The molecule has 0 N–H and O–H groups in total. The van der Waals surface area contributed by atoms with Gasteiger partial charge in [-0.25, -0.2) is 9.97 Å². The third-order valence-electron chi connectivity index (χ3n) is 3.00. The first-order valence-electron chi connectivity index (χ1n) is 6.67. The topological polar surface area (TPSA) is 35.0 Å². The maximum Gasteiger partial charge on any atom is 0.160 e. The van der Waals surface area contributed by atoms with E-state index in [1.165, 1.54) is 0 Å². The van der Waals surface area contributed by atoms with Gasteiger partial charge in [-0.15, -0.1) is 0 Å². The van der Waals surface area contributed by atoms with E-state index in [0.29, 0.717) is 33.3 Å². The fraction of sp³-hybridized carbons (Fsp3) is 0.333. The van der Waals surface area contributed by atoms with Crippen molar-refractivity contribution in [2.45, 2.75) is 26.4 Å². The molecule has 0 aliphatic carbocycles. The first-order valence-corrected chi connectivity index (χ1v) is 7.80. The molecule has 1 unspecified atom stereocenters. The first-order chi connectivity index (χ1) is 10.1. The van der Waals surface area contributed by atoms with E-state index in [9.17, 15) is 0 Å². The minimum atomic E-state index is -0.204. The predicted octanol–water partition coefficient (Wildman–Crippen LogP) is 5.59. The second-order valence-electron chi connectivity index (χ2n) is 4.40. The van der Waals surface area contributed by atoms with Crippen LogP contribution in [-0.4, -0.2) is 16.6 Å². The quantitative estimate of drug-likeness (QED) is 0.662. The van der Waals surface area contributed by atoms with Crippen molar-refractivity contribution in [3.63, 3.8) is 0 Å². The maximum atomic E-state index is 6.29. The molecule has 0 spiro atoms. The van der Waals surface area contributed by atoms with Gasteiger partial charge in [0.05, 0.1) is 5.56 Å². The Morgan fingerprint density at radius 1 is 1.00 bits per heavy atom. The van der Waals surface area contributed by atoms with Gasteiger partial charge in [0, 0.05) is 11.6 Å². The van der Waals surface area contributed by atoms with E-state index in [2.05, 4.69) is 9.97 Å². The van der Waals surface area contributed by atoms with Crippen molar-refractivity contribution in [3.05, 3.63) is 45.4 Å². The minimum absolute atomic E-state index is 0.204. The molecule has 6 heteroatoms. The molecule has 1 heterocycles. The lowest BCUT2D eigenvalue weighted by Gasteiger charge is -2.15. The molecule has 0 aliphatic heterocycles. The molecule has 2 aromatic rings. The fourth-order valence-corrected chi connectivity index (χ4v) is 2.74. The molecule has 0 fully saturated rings. The number of hydrogen-bond donors (Lipinski definition) is 0. The molecule has 112 valence electrons. The average Bonchev–Trinajstić information content (AvgIpc) is 2.46. The van der Waals surface area contributed by atoms with Gasteiger partial charge in [0.15, 0.2) is 5.82 Å². The van der Waals surface area contributed by atoms with Crippen LogP contribution in [0, 0.1) is 0 Å². The summed E-state index contributed by atoms with van der Waals surface area (Å²) in [5, 5.41) is 1.27. The molecule has 1 aromatic heterocycles.